The third-order valence-corrected chi connectivity index (χ3v) is 5.45. The molecule has 2 aliphatic heterocycles. The Morgan fingerprint density at radius 3 is 2.65 bits per heavy atom. The van der Waals surface area contributed by atoms with E-state index < -0.39 is 0 Å². The van der Waals surface area contributed by atoms with E-state index in [1.807, 2.05) is 31.8 Å². The molecular formula is C19H32N4O2S. The summed E-state index contributed by atoms with van der Waals surface area (Å²) in [5.74, 6) is 1.06. The minimum atomic E-state index is -0.0259. The van der Waals surface area contributed by atoms with Crippen LogP contribution in [0, 0.1) is 11.8 Å². The second-order valence-corrected chi connectivity index (χ2v) is 9.41. The maximum Gasteiger partial charge on any atom is 0.117 e. The van der Waals surface area contributed by atoms with E-state index >= 15 is 0 Å². The van der Waals surface area contributed by atoms with Crippen LogP contribution in [0.2, 0.25) is 0 Å². The van der Waals surface area contributed by atoms with Gasteiger partial charge in [-0.1, -0.05) is 39.8 Å². The van der Waals surface area contributed by atoms with Gasteiger partial charge in [-0.25, -0.2) is 4.98 Å². The zero-order chi connectivity index (χ0) is 19.3. The van der Waals surface area contributed by atoms with Crippen LogP contribution in [0.15, 0.2) is 16.3 Å². The zero-order valence-corrected chi connectivity index (χ0v) is 17.7. The normalized spacial score (nSPS) is 20.5. The van der Waals surface area contributed by atoms with Crippen LogP contribution in [0.25, 0.3) is 6.20 Å². The first kappa shape index (κ1) is 21.1. The first-order valence-electron chi connectivity index (χ1n) is 9.45. The smallest absolute Gasteiger partial charge is 0.117 e. The van der Waals surface area contributed by atoms with Crippen LogP contribution in [0.1, 0.15) is 46.1 Å². The fourth-order valence-electron chi connectivity index (χ4n) is 3.00. The number of hydrogen-bond donors (Lipinski definition) is 0. The number of imidazole rings is 1. The summed E-state index contributed by atoms with van der Waals surface area (Å²) < 4.78 is 8.50. The number of fused-ring (bicyclic) bond motifs is 1. The minimum Gasteiger partial charge on any atom is -0.371 e. The fourth-order valence-corrected chi connectivity index (χ4v) is 4.15. The molecule has 2 aliphatic rings. The first-order chi connectivity index (χ1) is 12.4. The highest BCUT2D eigenvalue weighted by Crippen LogP contribution is 2.37. The van der Waals surface area contributed by atoms with Crippen molar-refractivity contribution in [1.29, 1.82) is 0 Å². The van der Waals surface area contributed by atoms with Gasteiger partial charge in [0, 0.05) is 53.8 Å². The summed E-state index contributed by atoms with van der Waals surface area (Å²) >= 11 is 1.86. The molecule has 1 atom stereocenters. The van der Waals surface area contributed by atoms with Crippen LogP contribution < -0.4 is 0 Å². The molecule has 0 aromatic carbocycles. The molecule has 26 heavy (non-hydrogen) atoms. The summed E-state index contributed by atoms with van der Waals surface area (Å²) in [6, 6.07) is -0.0259. The second-order valence-electron chi connectivity index (χ2n) is 7.51. The van der Waals surface area contributed by atoms with Crippen molar-refractivity contribution >= 4 is 18.0 Å². The van der Waals surface area contributed by atoms with Crippen LogP contribution >= 0.6 is 11.8 Å². The second kappa shape index (κ2) is 9.15. The maximum atomic E-state index is 10.4. The molecule has 1 aromatic rings. The van der Waals surface area contributed by atoms with Gasteiger partial charge in [-0.15, -0.1) is 11.8 Å². The summed E-state index contributed by atoms with van der Waals surface area (Å²) in [6.45, 7) is 15.8. The molecule has 6 nitrogen and oxygen atoms in total. The lowest BCUT2D eigenvalue weighted by Crippen LogP contribution is -2.50. The van der Waals surface area contributed by atoms with Crippen LogP contribution in [-0.2, 0) is 11.2 Å². The molecule has 1 fully saturated rings. The lowest BCUT2D eigenvalue weighted by molar-refractivity contribution is 0.0407. The molecule has 3 heterocycles. The minimum absolute atomic E-state index is 0.0259. The van der Waals surface area contributed by atoms with Gasteiger partial charge in [0.15, 0.2) is 0 Å². The largest absolute Gasteiger partial charge is 0.371 e. The molecule has 1 saturated heterocycles. The van der Waals surface area contributed by atoms with E-state index in [4.69, 9.17) is 4.74 Å². The topological polar surface area (TPSA) is 59.7 Å². The Labute approximate surface area is 161 Å². The molecule has 7 heteroatoms. The summed E-state index contributed by atoms with van der Waals surface area (Å²) in [5.41, 5.74) is 1.16. The van der Waals surface area contributed by atoms with Gasteiger partial charge in [-0.2, -0.15) is 4.91 Å². The number of rotatable bonds is 6. The Balaban J connectivity index is 0.00000117. The number of ether oxygens (including phenoxy) is 1. The van der Waals surface area contributed by atoms with Gasteiger partial charge >= 0.3 is 0 Å². The predicted molar refractivity (Wildman–Crippen MR) is 109 cm³/mol. The predicted octanol–water partition coefficient (Wildman–Crippen LogP) is 3.94. The van der Waals surface area contributed by atoms with Crippen molar-refractivity contribution in [2.24, 2.45) is 5.18 Å². The third-order valence-electron chi connectivity index (χ3n) is 4.24. The van der Waals surface area contributed by atoms with E-state index in [2.05, 4.69) is 53.5 Å². The molecule has 0 radical (unpaired) electrons. The Bertz CT molecular complexity index is 630. The van der Waals surface area contributed by atoms with Crippen molar-refractivity contribution in [2.45, 2.75) is 64.9 Å². The highest BCUT2D eigenvalue weighted by Gasteiger charge is 2.30. The van der Waals surface area contributed by atoms with Crippen LogP contribution in [0.4, 0.5) is 0 Å². The van der Waals surface area contributed by atoms with E-state index in [9.17, 15) is 4.91 Å². The number of aryl methyl sites for hydroxylation is 1. The molecule has 3 rings (SSSR count). The van der Waals surface area contributed by atoms with Gasteiger partial charge in [0.25, 0.3) is 0 Å². The number of thioether (sulfide) groups is 1. The molecule has 0 bridgehead atoms. The summed E-state index contributed by atoms with van der Waals surface area (Å²) in [5, 5.41) is 3.07. The molecule has 0 amide bonds. The molecule has 146 valence electrons. The quantitative estimate of drug-likeness (QED) is 0.700. The van der Waals surface area contributed by atoms with E-state index in [-0.39, 0.29) is 16.9 Å². The third kappa shape index (κ3) is 5.41. The zero-order valence-electron chi connectivity index (χ0n) is 16.9. The average Bonchev–Trinajstić information content (AvgIpc) is 2.90. The van der Waals surface area contributed by atoms with E-state index in [0.717, 1.165) is 37.6 Å². The molecule has 1 aromatic heterocycles. The van der Waals surface area contributed by atoms with Crippen molar-refractivity contribution in [3.05, 3.63) is 27.5 Å². The number of nitrogens with zero attached hydrogens (tertiary/aromatic N) is 4. The van der Waals surface area contributed by atoms with Gasteiger partial charge in [-0.05, 0) is 6.92 Å². The molecule has 1 unspecified atom stereocenters. The molecule has 0 spiro atoms. The van der Waals surface area contributed by atoms with Gasteiger partial charge in [0.05, 0.1) is 12.7 Å². The van der Waals surface area contributed by atoms with Crippen molar-refractivity contribution in [3.63, 3.8) is 0 Å². The van der Waals surface area contributed by atoms with E-state index in [0.29, 0.717) is 6.61 Å². The Morgan fingerprint density at radius 1 is 1.35 bits per heavy atom. The Morgan fingerprint density at radius 2 is 2.04 bits per heavy atom. The van der Waals surface area contributed by atoms with E-state index in [1.54, 1.807) is 0 Å². The Hall–Kier alpha value is -1.18. The molecular weight excluding hydrogens is 348 g/mol. The fraction of sp³-hybridized carbons (Fsp3) is 0.737. The monoisotopic (exact) mass is 380 g/mol. The SMILES string of the molecule is CC.Cc1cnc2n1C=C(SC(C)(C)C)C(OCCN1CC(N=O)C1)C2. The summed E-state index contributed by atoms with van der Waals surface area (Å²) in [6.07, 6.45) is 4.96. The van der Waals surface area contributed by atoms with Crippen molar-refractivity contribution in [3.8, 4) is 0 Å². The van der Waals surface area contributed by atoms with Crippen molar-refractivity contribution in [2.75, 3.05) is 26.2 Å². The number of nitroso groups, excluding NO2 is 1. The van der Waals surface area contributed by atoms with Crippen LogP contribution in [0.5, 0.6) is 0 Å². The Kier molecular flexibility index (Phi) is 7.43. The molecule has 0 saturated carbocycles. The number of hydrogen-bond acceptors (Lipinski definition) is 6. The van der Waals surface area contributed by atoms with Gasteiger partial charge in [0.1, 0.15) is 11.9 Å². The number of likely N-dealkylation sites (tertiary alicyclic amines) is 1. The lowest BCUT2D eigenvalue weighted by atomic mass is 10.1. The van der Waals surface area contributed by atoms with Crippen molar-refractivity contribution < 1.29 is 4.74 Å². The van der Waals surface area contributed by atoms with Crippen LogP contribution in [-0.4, -0.2) is 57.6 Å². The average molecular weight is 381 g/mol. The maximum absolute atomic E-state index is 10.4. The van der Waals surface area contributed by atoms with Gasteiger partial charge in [0.2, 0.25) is 0 Å². The lowest BCUT2D eigenvalue weighted by Gasteiger charge is -2.35. The standard InChI is InChI=1S/C17H26N4O2S.C2H6/c1-12-8-18-16-7-14(15(11-21(12)16)24-17(2,3)4)23-6-5-20-9-13(10-20)19-22;1-2/h8,11,13-14H,5-7,9-10H2,1-4H3;1-2H3. The van der Waals surface area contributed by atoms with E-state index in [1.165, 1.54) is 4.91 Å². The summed E-state index contributed by atoms with van der Waals surface area (Å²) in [4.78, 5) is 18.4. The van der Waals surface area contributed by atoms with Crippen LogP contribution in [0.3, 0.4) is 0 Å². The highest BCUT2D eigenvalue weighted by atomic mass is 32.2. The molecule has 0 aliphatic carbocycles. The van der Waals surface area contributed by atoms with Gasteiger partial charge < -0.3 is 9.30 Å². The van der Waals surface area contributed by atoms with Gasteiger partial charge in [-0.3, -0.25) is 4.90 Å². The first-order valence-corrected chi connectivity index (χ1v) is 10.3. The number of aromatic nitrogens is 2. The molecule has 0 N–H and O–H groups in total. The summed E-state index contributed by atoms with van der Waals surface area (Å²) in [7, 11) is 0. The highest BCUT2D eigenvalue weighted by molar-refractivity contribution is 8.04. The van der Waals surface area contributed by atoms with Crippen molar-refractivity contribution in [1.82, 2.24) is 14.5 Å².